The summed E-state index contributed by atoms with van der Waals surface area (Å²) in [6, 6.07) is 4.59. The maximum atomic E-state index is 12.2. The van der Waals surface area contributed by atoms with Crippen LogP contribution >= 0.6 is 0 Å². The minimum absolute atomic E-state index is 0.0583. The van der Waals surface area contributed by atoms with Gasteiger partial charge in [-0.3, -0.25) is 19.7 Å². The molecule has 1 saturated heterocycles. The van der Waals surface area contributed by atoms with Crippen molar-refractivity contribution in [3.05, 3.63) is 33.9 Å². The number of anilines is 1. The number of carboxylic acid groups (broad SMARTS) is 1. The standard InChI is InChI=1S/C19H27N3O5/c1-13-9-14(2)12-21(11-13)16-7-6-15(10-17(16)22(26)27)19(25)20-8-4-3-5-18(23)24/h6-7,10,13-14H,3-5,8-9,11-12H2,1-2H3,(H,20,25)(H,23,24). The summed E-state index contributed by atoms with van der Waals surface area (Å²) in [6.45, 7) is 6.14. The van der Waals surface area contributed by atoms with E-state index < -0.39 is 10.9 Å². The lowest BCUT2D eigenvalue weighted by Gasteiger charge is -2.36. The third-order valence-electron chi connectivity index (χ3n) is 4.75. The van der Waals surface area contributed by atoms with Crippen LogP contribution in [-0.4, -0.2) is 41.5 Å². The highest BCUT2D eigenvalue weighted by molar-refractivity contribution is 5.95. The fourth-order valence-corrected chi connectivity index (χ4v) is 3.64. The smallest absolute Gasteiger partial charge is 0.303 e. The number of carboxylic acids is 1. The number of benzene rings is 1. The number of nitrogens with one attached hydrogen (secondary N) is 1. The third-order valence-corrected chi connectivity index (χ3v) is 4.75. The molecule has 2 atom stereocenters. The van der Waals surface area contributed by atoms with Crippen LogP contribution in [0.2, 0.25) is 0 Å². The summed E-state index contributed by atoms with van der Waals surface area (Å²) in [4.78, 5) is 35.9. The van der Waals surface area contributed by atoms with Crippen LogP contribution in [0.5, 0.6) is 0 Å². The number of aliphatic carboxylic acids is 1. The number of carbonyl (C=O) groups excluding carboxylic acids is 1. The van der Waals surface area contributed by atoms with Crippen LogP contribution in [0.25, 0.3) is 0 Å². The molecule has 1 aromatic carbocycles. The van der Waals surface area contributed by atoms with E-state index in [1.54, 1.807) is 12.1 Å². The van der Waals surface area contributed by atoms with Crippen molar-refractivity contribution in [1.29, 1.82) is 0 Å². The SMILES string of the molecule is CC1CC(C)CN(c2ccc(C(=O)NCCCCC(=O)O)cc2[N+](=O)[O-])C1. The average Bonchev–Trinajstić information content (AvgIpc) is 2.59. The molecule has 1 fully saturated rings. The molecule has 148 valence electrons. The van der Waals surface area contributed by atoms with E-state index in [1.807, 2.05) is 4.90 Å². The van der Waals surface area contributed by atoms with Crippen LogP contribution in [-0.2, 0) is 4.79 Å². The molecule has 2 N–H and O–H groups in total. The number of unbranched alkanes of at least 4 members (excludes halogenated alkanes) is 1. The van der Waals surface area contributed by atoms with Crippen molar-refractivity contribution in [2.75, 3.05) is 24.5 Å². The number of nitrogens with zero attached hydrogens (tertiary/aromatic N) is 2. The Bertz CT molecular complexity index is 697. The van der Waals surface area contributed by atoms with Gasteiger partial charge in [0, 0.05) is 37.7 Å². The normalized spacial score (nSPS) is 19.6. The summed E-state index contributed by atoms with van der Waals surface area (Å²) in [7, 11) is 0. The average molecular weight is 377 g/mol. The van der Waals surface area contributed by atoms with Crippen molar-refractivity contribution < 1.29 is 19.6 Å². The largest absolute Gasteiger partial charge is 0.481 e. The molecule has 0 saturated carbocycles. The van der Waals surface area contributed by atoms with Gasteiger partial charge in [0.2, 0.25) is 0 Å². The van der Waals surface area contributed by atoms with E-state index in [1.165, 1.54) is 6.07 Å². The van der Waals surface area contributed by atoms with Crippen molar-refractivity contribution in [3.63, 3.8) is 0 Å². The second-order valence-corrected chi connectivity index (χ2v) is 7.42. The number of piperidine rings is 1. The zero-order valence-electron chi connectivity index (χ0n) is 15.8. The zero-order chi connectivity index (χ0) is 20.0. The summed E-state index contributed by atoms with van der Waals surface area (Å²) in [5.74, 6) is -0.335. The Hall–Kier alpha value is -2.64. The Morgan fingerprint density at radius 3 is 2.52 bits per heavy atom. The van der Waals surface area contributed by atoms with Gasteiger partial charge >= 0.3 is 5.97 Å². The molecule has 2 rings (SSSR count). The molecule has 1 aliphatic rings. The lowest BCUT2D eigenvalue weighted by Crippen LogP contribution is -2.39. The van der Waals surface area contributed by atoms with Gasteiger partial charge in [-0.2, -0.15) is 0 Å². The van der Waals surface area contributed by atoms with Crippen molar-refractivity contribution in [2.24, 2.45) is 11.8 Å². The number of nitro benzene ring substituents is 1. The second-order valence-electron chi connectivity index (χ2n) is 7.42. The Labute approximate surface area is 158 Å². The van der Waals surface area contributed by atoms with E-state index in [2.05, 4.69) is 19.2 Å². The molecule has 0 radical (unpaired) electrons. The molecule has 0 spiro atoms. The number of nitro groups is 1. The molecule has 0 bridgehead atoms. The Morgan fingerprint density at radius 1 is 1.26 bits per heavy atom. The molecular weight excluding hydrogens is 350 g/mol. The second kappa shape index (κ2) is 9.34. The summed E-state index contributed by atoms with van der Waals surface area (Å²) in [6.07, 6.45) is 2.18. The van der Waals surface area contributed by atoms with E-state index in [4.69, 9.17) is 5.11 Å². The minimum atomic E-state index is -0.867. The van der Waals surface area contributed by atoms with Crippen molar-refractivity contribution in [3.8, 4) is 0 Å². The predicted molar refractivity (Wildman–Crippen MR) is 102 cm³/mol. The zero-order valence-corrected chi connectivity index (χ0v) is 15.8. The third kappa shape index (κ3) is 5.94. The van der Waals surface area contributed by atoms with Crippen molar-refractivity contribution >= 4 is 23.3 Å². The monoisotopic (exact) mass is 377 g/mol. The summed E-state index contributed by atoms with van der Waals surface area (Å²) in [5.41, 5.74) is 0.730. The first kappa shape index (κ1) is 20.7. The van der Waals surface area contributed by atoms with E-state index in [9.17, 15) is 19.7 Å². The number of hydrogen-bond donors (Lipinski definition) is 2. The fourth-order valence-electron chi connectivity index (χ4n) is 3.64. The van der Waals surface area contributed by atoms with Crippen LogP contribution in [0.3, 0.4) is 0 Å². The first-order chi connectivity index (χ1) is 12.8. The molecule has 2 unspecified atom stereocenters. The van der Waals surface area contributed by atoms with Crippen LogP contribution in [0.4, 0.5) is 11.4 Å². The number of rotatable bonds is 8. The Kier molecular flexibility index (Phi) is 7.15. The highest BCUT2D eigenvalue weighted by atomic mass is 16.6. The molecule has 1 heterocycles. The summed E-state index contributed by atoms with van der Waals surface area (Å²) < 4.78 is 0. The van der Waals surface area contributed by atoms with Crippen LogP contribution in [0.15, 0.2) is 18.2 Å². The molecular formula is C19H27N3O5. The Morgan fingerprint density at radius 2 is 1.93 bits per heavy atom. The van der Waals surface area contributed by atoms with Crippen molar-refractivity contribution in [2.45, 2.75) is 39.5 Å². The van der Waals surface area contributed by atoms with E-state index in [0.29, 0.717) is 36.9 Å². The molecule has 0 aromatic heterocycles. The number of carbonyl (C=O) groups is 2. The fraction of sp³-hybridized carbons (Fsp3) is 0.579. The molecule has 8 heteroatoms. The quantitative estimate of drug-likeness (QED) is 0.409. The van der Waals surface area contributed by atoms with Crippen LogP contribution in [0, 0.1) is 22.0 Å². The van der Waals surface area contributed by atoms with Gasteiger partial charge in [0.05, 0.1) is 4.92 Å². The van der Waals surface area contributed by atoms with Gasteiger partial charge in [-0.25, -0.2) is 0 Å². The van der Waals surface area contributed by atoms with E-state index >= 15 is 0 Å². The Balaban J connectivity index is 2.07. The number of amides is 1. The van der Waals surface area contributed by atoms with Gasteiger partial charge < -0.3 is 15.3 Å². The number of hydrogen-bond acceptors (Lipinski definition) is 5. The first-order valence-corrected chi connectivity index (χ1v) is 9.31. The van der Waals surface area contributed by atoms with Gasteiger partial charge in [-0.05, 0) is 43.2 Å². The lowest BCUT2D eigenvalue weighted by molar-refractivity contribution is -0.384. The van der Waals surface area contributed by atoms with E-state index in [0.717, 1.165) is 19.5 Å². The van der Waals surface area contributed by atoms with Crippen LogP contribution in [0.1, 0.15) is 49.9 Å². The predicted octanol–water partition coefficient (Wildman–Crippen LogP) is 3.06. The van der Waals surface area contributed by atoms with Crippen molar-refractivity contribution in [1.82, 2.24) is 5.32 Å². The van der Waals surface area contributed by atoms with Gasteiger partial charge in [-0.15, -0.1) is 0 Å². The molecule has 1 aromatic rings. The first-order valence-electron chi connectivity index (χ1n) is 9.31. The van der Waals surface area contributed by atoms with Gasteiger partial charge in [0.1, 0.15) is 5.69 Å². The van der Waals surface area contributed by atoms with Crippen LogP contribution < -0.4 is 10.2 Å². The summed E-state index contributed by atoms with van der Waals surface area (Å²) in [5, 5.41) is 22.8. The molecule has 1 aliphatic heterocycles. The highest BCUT2D eigenvalue weighted by Gasteiger charge is 2.27. The minimum Gasteiger partial charge on any atom is -0.481 e. The maximum Gasteiger partial charge on any atom is 0.303 e. The van der Waals surface area contributed by atoms with Gasteiger partial charge in [-0.1, -0.05) is 13.8 Å². The highest BCUT2D eigenvalue weighted by Crippen LogP contribution is 2.33. The topological polar surface area (TPSA) is 113 Å². The van der Waals surface area contributed by atoms with Gasteiger partial charge in [0.25, 0.3) is 11.6 Å². The van der Waals surface area contributed by atoms with Gasteiger partial charge in [0.15, 0.2) is 0 Å². The lowest BCUT2D eigenvalue weighted by atomic mass is 9.91. The molecule has 1 amide bonds. The molecule has 8 nitrogen and oxygen atoms in total. The molecule has 27 heavy (non-hydrogen) atoms. The maximum absolute atomic E-state index is 12.2. The molecule has 0 aliphatic carbocycles. The van der Waals surface area contributed by atoms with E-state index in [-0.39, 0.29) is 23.6 Å². The summed E-state index contributed by atoms with van der Waals surface area (Å²) >= 11 is 0.